The van der Waals surface area contributed by atoms with E-state index in [0.717, 1.165) is 25.0 Å². The van der Waals surface area contributed by atoms with Crippen molar-refractivity contribution < 1.29 is 4.74 Å². The fourth-order valence-electron chi connectivity index (χ4n) is 1.51. The third-order valence-corrected chi connectivity index (χ3v) is 2.46. The monoisotopic (exact) mass is 211 g/mol. The van der Waals surface area contributed by atoms with Gasteiger partial charge < -0.3 is 15.8 Å². The summed E-state index contributed by atoms with van der Waals surface area (Å²) in [4.78, 5) is 4.27. The molecule has 0 aromatic rings. The van der Waals surface area contributed by atoms with Gasteiger partial charge in [0.05, 0.1) is 12.1 Å². The summed E-state index contributed by atoms with van der Waals surface area (Å²) in [6.07, 6.45) is 2.18. The number of nitrogens with zero attached hydrogens (tertiary/aromatic N) is 1. The lowest BCUT2D eigenvalue weighted by Crippen LogP contribution is -2.35. The van der Waals surface area contributed by atoms with Gasteiger partial charge in [-0.25, -0.2) is 0 Å². The second-order valence-electron chi connectivity index (χ2n) is 4.41. The molecule has 4 nitrogen and oxygen atoms in total. The number of aliphatic imine (C=N–C) groups is 1. The Labute approximate surface area is 91.6 Å². The maximum atomic E-state index is 5.70. The van der Waals surface area contributed by atoms with Crippen molar-refractivity contribution in [3.8, 4) is 0 Å². The van der Waals surface area contributed by atoms with E-state index in [1.54, 1.807) is 0 Å². The Morgan fingerprint density at radius 1 is 1.67 bits per heavy atom. The van der Waals surface area contributed by atoms with E-state index in [9.17, 15) is 0 Å². The van der Waals surface area contributed by atoms with Gasteiger partial charge in [-0.15, -0.1) is 0 Å². The average Bonchev–Trinajstić information content (AvgIpc) is 2.60. The summed E-state index contributed by atoms with van der Waals surface area (Å²) in [5.74, 6) is 0.467. The summed E-state index contributed by atoms with van der Waals surface area (Å²) in [6, 6.07) is 0. The van der Waals surface area contributed by atoms with E-state index < -0.39 is 0 Å². The Morgan fingerprint density at radius 3 is 2.93 bits per heavy atom. The highest BCUT2D eigenvalue weighted by molar-refractivity contribution is 5.78. The van der Waals surface area contributed by atoms with Crippen LogP contribution in [0.3, 0.4) is 0 Å². The first-order valence-corrected chi connectivity index (χ1v) is 5.34. The number of guanidine groups is 1. The molecule has 1 rings (SSSR count). The molecule has 86 valence electrons. The van der Waals surface area contributed by atoms with Crippen LogP contribution in [0.4, 0.5) is 0 Å². The highest BCUT2D eigenvalue weighted by atomic mass is 16.5. The van der Waals surface area contributed by atoms with Crippen LogP contribution in [-0.4, -0.2) is 31.3 Å². The lowest BCUT2D eigenvalue weighted by molar-refractivity contribution is 0.0284. The summed E-state index contributed by atoms with van der Waals surface area (Å²) in [5.41, 5.74) is 6.62. The Morgan fingerprint density at radius 2 is 2.40 bits per heavy atom. The third kappa shape index (κ3) is 4.34. The van der Waals surface area contributed by atoms with Crippen molar-refractivity contribution in [1.82, 2.24) is 5.32 Å². The SMILES string of the molecule is C=C(C)CNC(N)=NCC1(C)CCCO1. The molecule has 1 heterocycles. The molecule has 1 saturated heterocycles. The smallest absolute Gasteiger partial charge is 0.188 e. The minimum absolute atomic E-state index is 0.116. The zero-order valence-corrected chi connectivity index (χ0v) is 9.68. The molecule has 0 amide bonds. The van der Waals surface area contributed by atoms with Crippen LogP contribution < -0.4 is 11.1 Å². The van der Waals surface area contributed by atoms with Gasteiger partial charge in [0.25, 0.3) is 0 Å². The van der Waals surface area contributed by atoms with Gasteiger partial charge in [-0.2, -0.15) is 0 Å². The molecule has 4 heteroatoms. The molecule has 3 N–H and O–H groups in total. The van der Waals surface area contributed by atoms with Gasteiger partial charge in [-0.1, -0.05) is 12.2 Å². The number of hydrogen-bond donors (Lipinski definition) is 2. The summed E-state index contributed by atoms with van der Waals surface area (Å²) in [6.45, 7) is 9.94. The number of ether oxygens (including phenoxy) is 1. The lowest BCUT2D eigenvalue weighted by Gasteiger charge is -2.20. The Hall–Kier alpha value is -1.03. The largest absolute Gasteiger partial charge is 0.373 e. The van der Waals surface area contributed by atoms with Crippen molar-refractivity contribution in [2.45, 2.75) is 32.3 Å². The van der Waals surface area contributed by atoms with Crippen LogP contribution in [0.25, 0.3) is 0 Å². The van der Waals surface area contributed by atoms with Gasteiger partial charge in [0.1, 0.15) is 0 Å². The predicted octanol–water partition coefficient (Wildman–Crippen LogP) is 1.04. The summed E-state index contributed by atoms with van der Waals surface area (Å²) in [5, 5.41) is 3.00. The van der Waals surface area contributed by atoms with Crippen molar-refractivity contribution >= 4 is 5.96 Å². The quantitative estimate of drug-likeness (QED) is 0.415. The van der Waals surface area contributed by atoms with E-state index in [2.05, 4.69) is 23.8 Å². The van der Waals surface area contributed by atoms with Crippen molar-refractivity contribution in [2.24, 2.45) is 10.7 Å². The molecule has 0 aliphatic carbocycles. The zero-order chi connectivity index (χ0) is 11.3. The molecular formula is C11H21N3O. The zero-order valence-electron chi connectivity index (χ0n) is 9.68. The van der Waals surface area contributed by atoms with Gasteiger partial charge in [0.2, 0.25) is 0 Å². The maximum absolute atomic E-state index is 5.70. The van der Waals surface area contributed by atoms with E-state index in [0.29, 0.717) is 19.0 Å². The van der Waals surface area contributed by atoms with Crippen molar-refractivity contribution in [3.63, 3.8) is 0 Å². The molecule has 0 radical (unpaired) electrons. The van der Waals surface area contributed by atoms with Crippen molar-refractivity contribution in [3.05, 3.63) is 12.2 Å². The second-order valence-corrected chi connectivity index (χ2v) is 4.41. The lowest BCUT2D eigenvalue weighted by atomic mass is 10.0. The molecule has 1 aliphatic heterocycles. The standard InChI is InChI=1S/C11H21N3O/c1-9(2)7-13-10(12)14-8-11(3)5-4-6-15-11/h1,4-8H2,2-3H3,(H3,12,13,14). The number of rotatable bonds is 4. The minimum Gasteiger partial charge on any atom is -0.373 e. The number of nitrogens with one attached hydrogen (secondary N) is 1. The van der Waals surface area contributed by atoms with Crippen LogP contribution in [0.15, 0.2) is 17.1 Å². The number of hydrogen-bond acceptors (Lipinski definition) is 2. The first-order valence-electron chi connectivity index (χ1n) is 5.34. The van der Waals surface area contributed by atoms with E-state index >= 15 is 0 Å². The average molecular weight is 211 g/mol. The summed E-state index contributed by atoms with van der Waals surface area (Å²) >= 11 is 0. The molecular weight excluding hydrogens is 190 g/mol. The topological polar surface area (TPSA) is 59.6 Å². The van der Waals surface area contributed by atoms with Gasteiger partial charge in [-0.05, 0) is 26.7 Å². The molecule has 0 aromatic carbocycles. The van der Waals surface area contributed by atoms with Crippen LogP contribution >= 0.6 is 0 Å². The molecule has 1 aliphatic rings. The van der Waals surface area contributed by atoms with Crippen LogP contribution in [0.2, 0.25) is 0 Å². The van der Waals surface area contributed by atoms with Crippen LogP contribution in [0.1, 0.15) is 26.7 Å². The normalized spacial score (nSPS) is 26.7. The molecule has 0 spiro atoms. The highest BCUT2D eigenvalue weighted by Crippen LogP contribution is 2.24. The highest BCUT2D eigenvalue weighted by Gasteiger charge is 2.29. The fraction of sp³-hybridized carbons (Fsp3) is 0.727. The first-order chi connectivity index (χ1) is 7.02. The molecule has 0 saturated carbocycles. The molecule has 0 bridgehead atoms. The number of nitrogens with two attached hydrogens (primary N) is 1. The maximum Gasteiger partial charge on any atom is 0.188 e. The predicted molar refractivity (Wildman–Crippen MR) is 62.9 cm³/mol. The summed E-state index contributed by atoms with van der Waals surface area (Å²) in [7, 11) is 0. The third-order valence-electron chi connectivity index (χ3n) is 2.46. The van der Waals surface area contributed by atoms with Gasteiger partial charge in [0.15, 0.2) is 5.96 Å². The second kappa shape index (κ2) is 5.16. The van der Waals surface area contributed by atoms with Crippen LogP contribution in [0, 0.1) is 0 Å². The van der Waals surface area contributed by atoms with Crippen molar-refractivity contribution in [1.29, 1.82) is 0 Å². The van der Waals surface area contributed by atoms with Gasteiger partial charge in [-0.3, -0.25) is 4.99 Å². The molecule has 1 fully saturated rings. The van der Waals surface area contributed by atoms with E-state index in [4.69, 9.17) is 10.5 Å². The molecule has 0 aromatic heterocycles. The fourth-order valence-corrected chi connectivity index (χ4v) is 1.51. The van der Waals surface area contributed by atoms with E-state index in [1.165, 1.54) is 0 Å². The van der Waals surface area contributed by atoms with Crippen LogP contribution in [0.5, 0.6) is 0 Å². The minimum atomic E-state index is -0.116. The van der Waals surface area contributed by atoms with E-state index in [-0.39, 0.29) is 5.60 Å². The molecule has 1 unspecified atom stereocenters. The first kappa shape index (κ1) is 12.0. The van der Waals surface area contributed by atoms with E-state index in [1.807, 2.05) is 6.92 Å². The molecule has 1 atom stereocenters. The van der Waals surface area contributed by atoms with Crippen molar-refractivity contribution in [2.75, 3.05) is 19.7 Å². The molecule has 15 heavy (non-hydrogen) atoms. The van der Waals surface area contributed by atoms with Gasteiger partial charge in [0, 0.05) is 13.2 Å². The summed E-state index contributed by atoms with van der Waals surface area (Å²) < 4.78 is 5.61. The Balaban J connectivity index is 2.32. The van der Waals surface area contributed by atoms with Crippen LogP contribution in [-0.2, 0) is 4.74 Å². The Bertz CT molecular complexity index is 255. The Kier molecular flexibility index (Phi) is 4.15. The van der Waals surface area contributed by atoms with Gasteiger partial charge >= 0.3 is 0 Å².